The van der Waals surface area contributed by atoms with Gasteiger partial charge in [0.1, 0.15) is 18.1 Å². The Kier molecular flexibility index (Phi) is 2.29. The number of rotatable bonds is 1. The Labute approximate surface area is 86.6 Å². The van der Waals surface area contributed by atoms with Gasteiger partial charge in [-0.25, -0.2) is 4.98 Å². The number of thiol groups is 1. The second kappa shape index (κ2) is 3.44. The largest absolute Gasteiger partial charge is 0.317 e. The zero-order chi connectivity index (χ0) is 9.26. The molecule has 0 unspecified atom stereocenters. The van der Waals surface area contributed by atoms with Crippen LogP contribution in [0.4, 0.5) is 0 Å². The molecule has 0 fully saturated rings. The molecule has 0 atom stereocenters. The van der Waals surface area contributed by atoms with Crippen molar-refractivity contribution < 1.29 is 4.57 Å². The monoisotopic (exact) mass is 211 g/mol. The molecule has 0 aliphatic heterocycles. The SMILES string of the molecule is Sc1[nH]cc[n+]1-c1ccc(Cl)cc1. The number of aromatic nitrogens is 2. The first-order valence-electron chi connectivity index (χ1n) is 3.81. The maximum atomic E-state index is 5.78. The highest BCUT2D eigenvalue weighted by molar-refractivity contribution is 7.79. The van der Waals surface area contributed by atoms with Gasteiger partial charge in [0.2, 0.25) is 0 Å². The fourth-order valence-corrected chi connectivity index (χ4v) is 1.52. The molecule has 2 nitrogen and oxygen atoms in total. The Bertz CT molecular complexity index is 408. The van der Waals surface area contributed by atoms with Gasteiger partial charge in [0.15, 0.2) is 0 Å². The number of imidazole rings is 1. The Balaban J connectivity index is 2.47. The molecule has 0 aliphatic rings. The van der Waals surface area contributed by atoms with Crippen molar-refractivity contribution in [1.82, 2.24) is 4.98 Å². The van der Waals surface area contributed by atoms with Gasteiger partial charge in [0, 0.05) is 5.02 Å². The van der Waals surface area contributed by atoms with E-state index in [0.29, 0.717) is 0 Å². The summed E-state index contributed by atoms with van der Waals surface area (Å²) in [4.78, 5) is 2.98. The van der Waals surface area contributed by atoms with Crippen LogP contribution in [0, 0.1) is 0 Å². The fourth-order valence-electron chi connectivity index (χ4n) is 1.14. The molecule has 66 valence electrons. The van der Waals surface area contributed by atoms with Gasteiger partial charge in [-0.15, -0.1) is 0 Å². The molecule has 13 heavy (non-hydrogen) atoms. The Morgan fingerprint density at radius 2 is 1.92 bits per heavy atom. The molecule has 0 saturated heterocycles. The quantitative estimate of drug-likeness (QED) is 0.533. The van der Waals surface area contributed by atoms with Gasteiger partial charge >= 0.3 is 5.16 Å². The van der Waals surface area contributed by atoms with E-state index in [9.17, 15) is 0 Å². The minimum Gasteiger partial charge on any atom is -0.238 e. The van der Waals surface area contributed by atoms with Crippen LogP contribution >= 0.6 is 24.2 Å². The number of halogens is 1. The van der Waals surface area contributed by atoms with Gasteiger partial charge in [0.05, 0.1) is 0 Å². The summed E-state index contributed by atoms with van der Waals surface area (Å²) < 4.78 is 1.93. The van der Waals surface area contributed by atoms with E-state index in [-0.39, 0.29) is 0 Å². The van der Waals surface area contributed by atoms with E-state index in [2.05, 4.69) is 17.6 Å². The predicted octanol–water partition coefficient (Wildman–Crippen LogP) is 2.23. The van der Waals surface area contributed by atoms with Crippen molar-refractivity contribution in [1.29, 1.82) is 0 Å². The van der Waals surface area contributed by atoms with E-state index in [1.807, 2.05) is 41.2 Å². The Morgan fingerprint density at radius 3 is 2.46 bits per heavy atom. The summed E-state index contributed by atoms with van der Waals surface area (Å²) in [6, 6.07) is 7.58. The highest BCUT2D eigenvalue weighted by Crippen LogP contribution is 2.10. The van der Waals surface area contributed by atoms with Gasteiger partial charge in [-0.1, -0.05) is 24.2 Å². The molecule has 1 heterocycles. The number of benzene rings is 1. The average molecular weight is 212 g/mol. The highest BCUT2D eigenvalue weighted by atomic mass is 35.5. The van der Waals surface area contributed by atoms with Crippen molar-refractivity contribution in [3.05, 3.63) is 41.7 Å². The molecular weight excluding hydrogens is 204 g/mol. The Hall–Kier alpha value is -0.930. The third kappa shape index (κ3) is 1.71. The molecule has 2 aromatic rings. The lowest BCUT2D eigenvalue weighted by Crippen LogP contribution is -2.29. The summed E-state index contributed by atoms with van der Waals surface area (Å²) in [7, 11) is 0. The molecule has 0 aliphatic carbocycles. The molecule has 1 N–H and O–H groups in total. The molecule has 1 aromatic carbocycles. The van der Waals surface area contributed by atoms with Crippen LogP contribution < -0.4 is 4.57 Å². The molecule has 0 amide bonds. The number of hydrogen-bond acceptors (Lipinski definition) is 1. The van der Waals surface area contributed by atoms with Crippen molar-refractivity contribution >= 4 is 24.2 Å². The molecule has 0 saturated carbocycles. The van der Waals surface area contributed by atoms with Crippen molar-refractivity contribution in [3.8, 4) is 5.69 Å². The van der Waals surface area contributed by atoms with Gasteiger partial charge in [0.25, 0.3) is 0 Å². The standard InChI is InChI=1S/C9H7ClN2S/c10-7-1-3-8(4-2-7)12-6-5-11-9(12)13/h1-6H,(H,11,13)/p+1. The maximum Gasteiger partial charge on any atom is 0.317 e. The molecule has 2 rings (SSSR count). The van der Waals surface area contributed by atoms with Crippen LogP contribution in [0.5, 0.6) is 0 Å². The van der Waals surface area contributed by atoms with Gasteiger partial charge in [-0.2, -0.15) is 4.57 Å². The first-order valence-corrected chi connectivity index (χ1v) is 4.64. The molecule has 0 bridgehead atoms. The summed E-state index contributed by atoms with van der Waals surface area (Å²) in [6.07, 6.45) is 3.74. The average Bonchev–Trinajstić information content (AvgIpc) is 2.53. The van der Waals surface area contributed by atoms with E-state index in [0.717, 1.165) is 15.9 Å². The second-order valence-electron chi connectivity index (χ2n) is 2.63. The summed E-state index contributed by atoms with van der Waals surface area (Å²) in [5.74, 6) is 0. The highest BCUT2D eigenvalue weighted by Gasteiger charge is 2.07. The van der Waals surface area contributed by atoms with E-state index in [1.54, 1.807) is 0 Å². The van der Waals surface area contributed by atoms with Crippen LogP contribution in [-0.2, 0) is 0 Å². The van der Waals surface area contributed by atoms with Gasteiger partial charge < -0.3 is 0 Å². The minimum atomic E-state index is 0.737. The van der Waals surface area contributed by atoms with Crippen molar-refractivity contribution in [2.45, 2.75) is 5.16 Å². The lowest BCUT2D eigenvalue weighted by molar-refractivity contribution is -0.634. The van der Waals surface area contributed by atoms with E-state index in [1.165, 1.54) is 0 Å². The van der Waals surface area contributed by atoms with Crippen LogP contribution in [-0.4, -0.2) is 4.98 Å². The minimum absolute atomic E-state index is 0.737. The van der Waals surface area contributed by atoms with Crippen LogP contribution in [0.1, 0.15) is 0 Å². The van der Waals surface area contributed by atoms with Crippen LogP contribution in [0.25, 0.3) is 5.69 Å². The summed E-state index contributed by atoms with van der Waals surface area (Å²) in [5.41, 5.74) is 1.04. The Morgan fingerprint density at radius 1 is 1.23 bits per heavy atom. The van der Waals surface area contributed by atoms with Crippen LogP contribution in [0.3, 0.4) is 0 Å². The molecule has 0 spiro atoms. The van der Waals surface area contributed by atoms with Gasteiger partial charge in [-0.05, 0) is 24.3 Å². The molecule has 1 aromatic heterocycles. The van der Waals surface area contributed by atoms with E-state index >= 15 is 0 Å². The maximum absolute atomic E-state index is 5.78. The normalized spacial score (nSPS) is 10.3. The lowest BCUT2D eigenvalue weighted by atomic mass is 10.3. The third-order valence-corrected chi connectivity index (χ3v) is 2.37. The first kappa shape index (κ1) is 8.66. The van der Waals surface area contributed by atoms with E-state index in [4.69, 9.17) is 11.6 Å². The molecule has 4 heteroatoms. The first-order chi connectivity index (χ1) is 6.27. The van der Waals surface area contributed by atoms with Gasteiger partial charge in [-0.3, -0.25) is 0 Å². The van der Waals surface area contributed by atoms with Crippen LogP contribution in [0.15, 0.2) is 41.8 Å². The topological polar surface area (TPSA) is 19.7 Å². The number of H-pyrrole nitrogens is 1. The summed E-state index contributed by atoms with van der Waals surface area (Å²) in [6.45, 7) is 0. The van der Waals surface area contributed by atoms with Crippen molar-refractivity contribution in [2.75, 3.05) is 0 Å². The summed E-state index contributed by atoms with van der Waals surface area (Å²) >= 11 is 10.0. The number of aromatic amines is 1. The van der Waals surface area contributed by atoms with Crippen LogP contribution in [0.2, 0.25) is 5.02 Å². The summed E-state index contributed by atoms with van der Waals surface area (Å²) in [5, 5.41) is 1.53. The molecule has 0 radical (unpaired) electrons. The number of nitrogens with zero attached hydrogens (tertiary/aromatic N) is 1. The number of hydrogen-bond donors (Lipinski definition) is 2. The predicted molar refractivity (Wildman–Crippen MR) is 54.6 cm³/mol. The van der Waals surface area contributed by atoms with E-state index < -0.39 is 0 Å². The number of nitrogens with one attached hydrogen (secondary N) is 1. The lowest BCUT2D eigenvalue weighted by Gasteiger charge is -1.96. The zero-order valence-corrected chi connectivity index (χ0v) is 8.39. The smallest absolute Gasteiger partial charge is 0.238 e. The van der Waals surface area contributed by atoms with Crippen molar-refractivity contribution in [2.24, 2.45) is 0 Å². The zero-order valence-electron chi connectivity index (χ0n) is 6.74. The second-order valence-corrected chi connectivity index (χ2v) is 3.49. The molecular formula is C9H8ClN2S+. The fraction of sp³-hybridized carbons (Fsp3) is 0. The third-order valence-electron chi connectivity index (χ3n) is 1.77. The van der Waals surface area contributed by atoms with Crippen molar-refractivity contribution in [3.63, 3.8) is 0 Å².